The van der Waals surface area contributed by atoms with E-state index >= 15 is 0 Å². The van der Waals surface area contributed by atoms with E-state index in [1.165, 1.54) is 154 Å². The third kappa shape index (κ3) is 59.3. The lowest BCUT2D eigenvalue weighted by Gasteiger charge is -2.30. The lowest BCUT2D eigenvalue weighted by atomic mass is 10.0. The van der Waals surface area contributed by atoms with E-state index in [-0.39, 0.29) is 19.1 Å². The fourth-order valence-corrected chi connectivity index (χ4v) is 9.92. The molecule has 1 amide bonds. The first-order valence-electron chi connectivity index (χ1n) is 31.9. The topological polar surface area (TPSA) is 108 Å². The Balaban J connectivity index is 4.18. The first-order chi connectivity index (χ1) is 37.0. The zero-order valence-electron chi connectivity index (χ0n) is 50.4. The lowest BCUT2D eigenvalue weighted by molar-refractivity contribution is -0.870. The molecule has 442 valence electrons. The number of allylic oxidation sites excluding steroid dienone is 14. The molecule has 0 saturated carbocycles. The summed E-state index contributed by atoms with van der Waals surface area (Å²) in [4.78, 5) is 25.6. The predicted molar refractivity (Wildman–Crippen MR) is 330 cm³/mol. The molecule has 0 aliphatic carbocycles. The number of hydrogen-bond acceptors (Lipinski definition) is 6. The SMILES string of the molecule is CC/C=C\C/C=C\C/C=C\C/C=C\C/C=C\C/C=C\C/C=C\CCCCCCCC(=O)NC(COP(=O)([O-])OCC[N+](C)(C)C)C(O)CCCCCCCCCCCCCCCCCCCCCCCCCCCCC. The quantitative estimate of drug-likeness (QED) is 0.0272. The molecule has 0 aliphatic rings. The smallest absolute Gasteiger partial charge is 0.268 e. The van der Waals surface area contributed by atoms with Crippen LogP contribution in [0.25, 0.3) is 0 Å². The van der Waals surface area contributed by atoms with Gasteiger partial charge in [-0.1, -0.05) is 292 Å². The van der Waals surface area contributed by atoms with Crippen LogP contribution in [0.1, 0.15) is 284 Å². The molecule has 0 saturated heterocycles. The molecule has 0 fully saturated rings. The standard InChI is InChI=1S/C67H123N2O6P/c1-6-8-10-12-14-16-18-20-22-24-26-28-30-32-34-36-38-40-42-44-46-48-50-52-54-56-58-60-66(70)65(64-75-76(72,73)74-63-62-69(3,4)5)68-67(71)61-59-57-55-53-51-49-47-45-43-41-39-37-35-33-31-29-27-25-23-21-19-17-15-13-11-9-7-2/h9,11,15,17,21,23,27,29,33,35,39,41,45,47,65-66,70H,6-8,10,12-14,16,18-20,22,24-26,28,30-32,34,36-38,40,42-44,46,48-64H2,1-5H3,(H-,68,71,72,73)/b11-9-,17-15-,23-21-,29-27-,35-33-,41-39-,47-45-. The van der Waals surface area contributed by atoms with Gasteiger partial charge in [0.2, 0.25) is 5.91 Å². The summed E-state index contributed by atoms with van der Waals surface area (Å²) in [6.45, 7) is 4.62. The van der Waals surface area contributed by atoms with Crippen molar-refractivity contribution in [1.82, 2.24) is 5.32 Å². The van der Waals surface area contributed by atoms with Crippen molar-refractivity contribution in [2.24, 2.45) is 0 Å². The molecule has 0 radical (unpaired) electrons. The highest BCUT2D eigenvalue weighted by Gasteiger charge is 2.24. The number of unbranched alkanes of at least 4 members (excludes halogenated alkanes) is 31. The number of hydrogen-bond donors (Lipinski definition) is 2. The third-order valence-corrected chi connectivity index (χ3v) is 15.1. The number of nitrogens with zero attached hydrogens (tertiary/aromatic N) is 1. The molecule has 0 aliphatic heterocycles. The summed E-state index contributed by atoms with van der Waals surface area (Å²) in [6, 6.07) is -0.819. The number of likely N-dealkylation sites (N-methyl/N-ethyl adjacent to an activating group) is 1. The van der Waals surface area contributed by atoms with Crippen LogP contribution in [0, 0.1) is 0 Å². The summed E-state index contributed by atoms with van der Waals surface area (Å²) in [6.07, 6.45) is 80.6. The van der Waals surface area contributed by atoms with Gasteiger partial charge in [-0.2, -0.15) is 0 Å². The Hall–Kier alpha value is -2.32. The van der Waals surface area contributed by atoms with E-state index in [2.05, 4.69) is 104 Å². The van der Waals surface area contributed by atoms with Crippen molar-refractivity contribution in [2.45, 2.75) is 296 Å². The van der Waals surface area contributed by atoms with Crippen LogP contribution in [0.5, 0.6) is 0 Å². The summed E-state index contributed by atoms with van der Waals surface area (Å²) in [5.41, 5.74) is 0. The van der Waals surface area contributed by atoms with Gasteiger partial charge in [0, 0.05) is 6.42 Å². The summed E-state index contributed by atoms with van der Waals surface area (Å²) in [5, 5.41) is 14.1. The molecule has 0 spiro atoms. The number of aliphatic hydroxyl groups is 1. The molecule has 3 unspecified atom stereocenters. The number of quaternary nitrogens is 1. The predicted octanol–water partition coefficient (Wildman–Crippen LogP) is 19.4. The molecule has 0 rings (SSSR count). The van der Waals surface area contributed by atoms with Gasteiger partial charge in [0.05, 0.1) is 39.9 Å². The highest BCUT2D eigenvalue weighted by Crippen LogP contribution is 2.38. The molecule has 9 heteroatoms. The highest BCUT2D eigenvalue weighted by molar-refractivity contribution is 7.45. The Labute approximate surface area is 471 Å². The average molecular weight is 1080 g/mol. The maximum Gasteiger partial charge on any atom is 0.268 e. The number of phosphoric ester groups is 1. The van der Waals surface area contributed by atoms with Gasteiger partial charge in [0.15, 0.2) is 0 Å². The fourth-order valence-electron chi connectivity index (χ4n) is 9.20. The molecule has 2 N–H and O–H groups in total. The lowest BCUT2D eigenvalue weighted by Crippen LogP contribution is -2.46. The minimum Gasteiger partial charge on any atom is -0.756 e. The van der Waals surface area contributed by atoms with Crippen molar-refractivity contribution in [1.29, 1.82) is 0 Å². The number of amides is 1. The Morgan fingerprint density at radius 2 is 0.803 bits per heavy atom. The first kappa shape index (κ1) is 73.7. The number of nitrogens with one attached hydrogen (secondary N) is 1. The Kier molecular flexibility index (Phi) is 55.6. The molecule has 0 aromatic carbocycles. The fraction of sp³-hybridized carbons (Fsp3) is 0.776. The monoisotopic (exact) mass is 1080 g/mol. The zero-order valence-corrected chi connectivity index (χ0v) is 51.3. The van der Waals surface area contributed by atoms with Crippen LogP contribution in [0.4, 0.5) is 0 Å². The van der Waals surface area contributed by atoms with Crippen molar-refractivity contribution >= 4 is 13.7 Å². The van der Waals surface area contributed by atoms with E-state index in [1.54, 1.807) is 0 Å². The molecular weight excluding hydrogens is 960 g/mol. The second kappa shape index (κ2) is 57.4. The maximum atomic E-state index is 13.0. The Morgan fingerprint density at radius 1 is 0.474 bits per heavy atom. The van der Waals surface area contributed by atoms with E-state index in [0.29, 0.717) is 23.9 Å². The van der Waals surface area contributed by atoms with Gasteiger partial charge in [0.1, 0.15) is 13.2 Å². The number of aliphatic hydroxyl groups excluding tert-OH is 1. The number of carbonyl (C=O) groups excluding carboxylic acids is 1. The van der Waals surface area contributed by atoms with Crippen LogP contribution in [0.3, 0.4) is 0 Å². The number of rotatable bonds is 58. The summed E-state index contributed by atoms with van der Waals surface area (Å²) in [5.74, 6) is -0.183. The van der Waals surface area contributed by atoms with Gasteiger partial charge in [0.25, 0.3) is 7.82 Å². The summed E-state index contributed by atoms with van der Waals surface area (Å²) in [7, 11) is 1.29. The summed E-state index contributed by atoms with van der Waals surface area (Å²) < 4.78 is 23.5. The van der Waals surface area contributed by atoms with Gasteiger partial charge in [-0.15, -0.1) is 0 Å². The molecule has 0 heterocycles. The van der Waals surface area contributed by atoms with E-state index in [1.807, 2.05) is 21.1 Å². The second-order valence-corrected chi connectivity index (χ2v) is 24.2. The van der Waals surface area contributed by atoms with Crippen molar-refractivity contribution in [3.05, 3.63) is 85.1 Å². The second-order valence-electron chi connectivity index (χ2n) is 22.7. The minimum absolute atomic E-state index is 0.00405. The van der Waals surface area contributed by atoms with E-state index in [4.69, 9.17) is 9.05 Å². The van der Waals surface area contributed by atoms with Crippen LogP contribution in [-0.2, 0) is 18.4 Å². The largest absolute Gasteiger partial charge is 0.756 e. The number of carbonyl (C=O) groups is 1. The average Bonchev–Trinajstić information content (AvgIpc) is 3.38. The van der Waals surface area contributed by atoms with Crippen LogP contribution < -0.4 is 10.2 Å². The molecular formula is C67H123N2O6P. The third-order valence-electron chi connectivity index (χ3n) is 14.1. The van der Waals surface area contributed by atoms with Crippen LogP contribution in [-0.4, -0.2) is 68.5 Å². The van der Waals surface area contributed by atoms with Crippen molar-refractivity contribution in [3.8, 4) is 0 Å². The van der Waals surface area contributed by atoms with Gasteiger partial charge in [-0.3, -0.25) is 9.36 Å². The van der Waals surface area contributed by atoms with Crippen molar-refractivity contribution < 1.29 is 32.9 Å². The maximum absolute atomic E-state index is 13.0. The molecule has 76 heavy (non-hydrogen) atoms. The van der Waals surface area contributed by atoms with E-state index in [0.717, 1.165) is 103 Å². The van der Waals surface area contributed by atoms with Gasteiger partial charge < -0.3 is 28.8 Å². The van der Waals surface area contributed by atoms with Crippen LogP contribution in [0.15, 0.2) is 85.1 Å². The van der Waals surface area contributed by atoms with E-state index < -0.39 is 20.0 Å². The van der Waals surface area contributed by atoms with Gasteiger partial charge >= 0.3 is 0 Å². The highest BCUT2D eigenvalue weighted by atomic mass is 31.2. The Morgan fingerprint density at radius 3 is 1.17 bits per heavy atom. The number of phosphoric acid groups is 1. The van der Waals surface area contributed by atoms with Gasteiger partial charge in [-0.05, 0) is 70.6 Å². The Bertz CT molecular complexity index is 1510. The zero-order chi connectivity index (χ0) is 55.6. The van der Waals surface area contributed by atoms with Crippen molar-refractivity contribution in [3.63, 3.8) is 0 Å². The van der Waals surface area contributed by atoms with Crippen LogP contribution in [0.2, 0.25) is 0 Å². The van der Waals surface area contributed by atoms with E-state index in [9.17, 15) is 19.4 Å². The normalized spacial score (nSPS) is 14.4. The molecule has 0 aromatic heterocycles. The minimum atomic E-state index is -4.59. The molecule has 0 aromatic rings. The molecule has 0 bridgehead atoms. The van der Waals surface area contributed by atoms with Gasteiger partial charge in [-0.25, -0.2) is 0 Å². The van der Waals surface area contributed by atoms with Crippen molar-refractivity contribution in [2.75, 3.05) is 40.9 Å². The molecule has 8 nitrogen and oxygen atoms in total. The first-order valence-corrected chi connectivity index (χ1v) is 33.4. The van der Waals surface area contributed by atoms with Crippen LogP contribution >= 0.6 is 7.82 Å². The summed E-state index contributed by atoms with van der Waals surface area (Å²) >= 11 is 0. The molecule has 3 atom stereocenters.